The van der Waals surface area contributed by atoms with Crippen LogP contribution in [0.2, 0.25) is 0 Å². The fourth-order valence-corrected chi connectivity index (χ4v) is 4.40. The van der Waals surface area contributed by atoms with E-state index in [-0.39, 0.29) is 17.3 Å². The molecule has 1 fully saturated rings. The molecule has 3 rings (SSSR count). The summed E-state index contributed by atoms with van der Waals surface area (Å²) in [7, 11) is 1.41. The van der Waals surface area contributed by atoms with Gasteiger partial charge in [0.15, 0.2) is 11.9 Å². The van der Waals surface area contributed by atoms with E-state index in [4.69, 9.17) is 14.2 Å². The van der Waals surface area contributed by atoms with Crippen LogP contribution in [-0.2, 0) is 14.3 Å². The number of methoxy groups -OCH3 is 1. The molecule has 1 unspecified atom stereocenters. The van der Waals surface area contributed by atoms with Crippen LogP contribution >= 0.6 is 0 Å². The van der Waals surface area contributed by atoms with Crippen LogP contribution in [-0.4, -0.2) is 47.8 Å². The van der Waals surface area contributed by atoms with Crippen molar-refractivity contribution in [1.82, 2.24) is 9.97 Å². The molecule has 2 aromatic heterocycles. The average Bonchev–Trinajstić information content (AvgIpc) is 2.77. The maximum atomic E-state index is 14.2. The van der Waals surface area contributed by atoms with Crippen LogP contribution in [0.1, 0.15) is 78.7 Å². The average molecular weight is 502 g/mol. The first-order valence-corrected chi connectivity index (χ1v) is 12.5. The molecule has 0 radical (unpaired) electrons. The van der Waals surface area contributed by atoms with Crippen molar-refractivity contribution in [1.29, 1.82) is 0 Å². The standard InChI is InChI=1S/C28H40FN3O4/c1-17(2)35-26(33)24(36-27(4,5)6)22-18(3)30-16-20(19-14-21(34-9)25(29)31-15-19)23(22)32-12-10-28(7,8)11-13-32/h14-17,24H,10-13H2,1-9H3. The van der Waals surface area contributed by atoms with Gasteiger partial charge in [0.2, 0.25) is 0 Å². The van der Waals surface area contributed by atoms with E-state index in [1.165, 1.54) is 13.3 Å². The number of carbonyl (C=O) groups is 1. The minimum atomic E-state index is -0.986. The summed E-state index contributed by atoms with van der Waals surface area (Å²) in [6.45, 7) is 17.4. The minimum absolute atomic E-state index is 0.0436. The number of piperidine rings is 1. The van der Waals surface area contributed by atoms with E-state index in [0.29, 0.717) is 16.8 Å². The molecule has 0 aromatic carbocycles. The Morgan fingerprint density at radius 2 is 1.78 bits per heavy atom. The second-order valence-electron chi connectivity index (χ2n) is 11.5. The highest BCUT2D eigenvalue weighted by Crippen LogP contribution is 2.44. The quantitative estimate of drug-likeness (QED) is 0.338. The largest absolute Gasteiger partial charge is 0.492 e. The fraction of sp³-hybridized carbons (Fsp3) is 0.607. The Labute approximate surface area is 214 Å². The van der Waals surface area contributed by atoms with Crippen LogP contribution in [0.15, 0.2) is 18.5 Å². The fourth-order valence-electron chi connectivity index (χ4n) is 4.40. The van der Waals surface area contributed by atoms with Gasteiger partial charge in [-0.1, -0.05) is 13.8 Å². The van der Waals surface area contributed by atoms with Gasteiger partial charge in [-0.15, -0.1) is 0 Å². The van der Waals surface area contributed by atoms with Crippen LogP contribution < -0.4 is 9.64 Å². The molecule has 0 amide bonds. The highest BCUT2D eigenvalue weighted by molar-refractivity contribution is 5.87. The summed E-state index contributed by atoms with van der Waals surface area (Å²) < 4.78 is 31.4. The maximum absolute atomic E-state index is 14.2. The highest BCUT2D eigenvalue weighted by atomic mass is 19.1. The molecule has 1 saturated heterocycles. The highest BCUT2D eigenvalue weighted by Gasteiger charge is 2.37. The first kappa shape index (κ1) is 27.8. The molecular weight excluding hydrogens is 461 g/mol. The van der Waals surface area contributed by atoms with E-state index < -0.39 is 23.6 Å². The van der Waals surface area contributed by atoms with Crippen LogP contribution in [0, 0.1) is 18.3 Å². The molecule has 1 aliphatic rings. The van der Waals surface area contributed by atoms with Crippen LogP contribution in [0.4, 0.5) is 10.1 Å². The summed E-state index contributed by atoms with van der Waals surface area (Å²) in [5.41, 5.74) is 3.16. The van der Waals surface area contributed by atoms with Crippen molar-refractivity contribution in [2.75, 3.05) is 25.1 Å². The number of anilines is 1. The Kier molecular flexibility index (Phi) is 8.28. The van der Waals surface area contributed by atoms with Gasteiger partial charge >= 0.3 is 5.97 Å². The molecule has 0 bridgehead atoms. The number of ether oxygens (including phenoxy) is 3. The number of rotatable bonds is 7. The van der Waals surface area contributed by atoms with Crippen molar-refractivity contribution >= 4 is 11.7 Å². The molecule has 0 N–H and O–H groups in total. The van der Waals surface area contributed by atoms with Crippen molar-refractivity contribution in [2.45, 2.75) is 86.0 Å². The van der Waals surface area contributed by atoms with Crippen LogP contribution in [0.3, 0.4) is 0 Å². The van der Waals surface area contributed by atoms with E-state index in [1.54, 1.807) is 12.3 Å². The van der Waals surface area contributed by atoms with E-state index in [2.05, 4.69) is 28.7 Å². The second kappa shape index (κ2) is 10.7. The lowest BCUT2D eigenvalue weighted by atomic mass is 9.82. The topological polar surface area (TPSA) is 73.8 Å². The van der Waals surface area contributed by atoms with E-state index >= 15 is 0 Å². The number of pyridine rings is 2. The number of hydrogen-bond acceptors (Lipinski definition) is 7. The molecule has 2 aromatic rings. The van der Waals surface area contributed by atoms with Gasteiger partial charge < -0.3 is 19.1 Å². The molecular formula is C28H40FN3O4. The summed E-state index contributed by atoms with van der Waals surface area (Å²) in [5.74, 6) is -1.10. The number of aryl methyl sites for hydroxylation is 1. The van der Waals surface area contributed by atoms with Gasteiger partial charge in [0.05, 0.1) is 24.5 Å². The van der Waals surface area contributed by atoms with Gasteiger partial charge in [-0.05, 0) is 65.9 Å². The van der Waals surface area contributed by atoms with Crippen LogP contribution in [0.25, 0.3) is 11.1 Å². The third-order valence-corrected chi connectivity index (χ3v) is 6.36. The molecule has 0 saturated carbocycles. The molecule has 36 heavy (non-hydrogen) atoms. The van der Waals surface area contributed by atoms with Crippen LogP contribution in [0.5, 0.6) is 5.75 Å². The molecule has 0 spiro atoms. The number of aromatic nitrogens is 2. The Morgan fingerprint density at radius 3 is 2.33 bits per heavy atom. The van der Waals surface area contributed by atoms with E-state index in [0.717, 1.165) is 37.2 Å². The zero-order chi connectivity index (χ0) is 26.8. The Morgan fingerprint density at radius 1 is 1.14 bits per heavy atom. The number of nitrogens with zero attached hydrogens (tertiary/aromatic N) is 3. The van der Waals surface area contributed by atoms with Crippen molar-refractivity contribution in [3.63, 3.8) is 0 Å². The Balaban J connectivity index is 2.28. The number of carbonyl (C=O) groups excluding carboxylic acids is 1. The van der Waals surface area contributed by atoms with Gasteiger partial charge in [0, 0.05) is 47.9 Å². The normalized spacial score (nSPS) is 16.7. The lowest BCUT2D eigenvalue weighted by molar-refractivity contribution is -0.171. The monoisotopic (exact) mass is 501 g/mol. The van der Waals surface area contributed by atoms with Gasteiger partial charge in [-0.25, -0.2) is 9.78 Å². The second-order valence-corrected chi connectivity index (χ2v) is 11.5. The zero-order valence-electron chi connectivity index (χ0n) is 23.1. The minimum Gasteiger partial charge on any atom is -0.492 e. The third kappa shape index (κ3) is 6.52. The zero-order valence-corrected chi connectivity index (χ0v) is 23.1. The smallest absolute Gasteiger partial charge is 0.340 e. The molecule has 3 heterocycles. The summed E-state index contributed by atoms with van der Waals surface area (Å²) >= 11 is 0. The number of hydrogen-bond donors (Lipinski definition) is 0. The van der Waals surface area contributed by atoms with Crippen molar-refractivity contribution < 1.29 is 23.4 Å². The van der Waals surface area contributed by atoms with Gasteiger partial charge in [-0.3, -0.25) is 4.98 Å². The van der Waals surface area contributed by atoms with Gasteiger partial charge in [0.25, 0.3) is 5.95 Å². The maximum Gasteiger partial charge on any atom is 0.340 e. The third-order valence-electron chi connectivity index (χ3n) is 6.36. The molecule has 198 valence electrons. The first-order chi connectivity index (χ1) is 16.7. The van der Waals surface area contributed by atoms with E-state index in [9.17, 15) is 9.18 Å². The molecule has 7 nitrogen and oxygen atoms in total. The number of halogens is 1. The summed E-state index contributed by atoms with van der Waals surface area (Å²) in [6.07, 6.45) is 3.91. The van der Waals surface area contributed by atoms with Gasteiger partial charge in [-0.2, -0.15) is 4.39 Å². The molecule has 8 heteroatoms. The predicted molar refractivity (Wildman–Crippen MR) is 139 cm³/mol. The SMILES string of the molecule is COc1cc(-c2cnc(C)c(C(OC(C)(C)C)C(=O)OC(C)C)c2N2CCC(C)(C)CC2)cnc1F. The summed E-state index contributed by atoms with van der Waals surface area (Å²) in [4.78, 5) is 24.3. The van der Waals surface area contributed by atoms with Crippen molar-refractivity contribution in [3.8, 4) is 16.9 Å². The molecule has 0 aliphatic carbocycles. The molecule has 1 aliphatic heterocycles. The first-order valence-electron chi connectivity index (χ1n) is 12.5. The lowest BCUT2D eigenvalue weighted by Gasteiger charge is -2.41. The Bertz CT molecular complexity index is 1080. The summed E-state index contributed by atoms with van der Waals surface area (Å²) in [6, 6.07) is 1.61. The number of esters is 1. The molecule has 1 atom stereocenters. The predicted octanol–water partition coefficient (Wildman–Crippen LogP) is 6.03. The lowest BCUT2D eigenvalue weighted by Crippen LogP contribution is -2.39. The Hall–Kier alpha value is -2.74. The van der Waals surface area contributed by atoms with Crippen molar-refractivity contribution in [2.24, 2.45) is 5.41 Å². The van der Waals surface area contributed by atoms with E-state index in [1.807, 2.05) is 41.5 Å². The summed E-state index contributed by atoms with van der Waals surface area (Å²) in [5, 5.41) is 0. The van der Waals surface area contributed by atoms with Gasteiger partial charge in [0.1, 0.15) is 0 Å². The van der Waals surface area contributed by atoms with Crippen molar-refractivity contribution in [3.05, 3.63) is 35.7 Å².